The maximum atomic E-state index is 14.1. The Morgan fingerprint density at radius 1 is 1.28 bits per heavy atom. The Morgan fingerprint density at radius 3 is 2.75 bits per heavy atom. The lowest BCUT2D eigenvalue weighted by molar-refractivity contribution is -0.115. The number of rotatable bonds is 10. The highest BCUT2D eigenvalue weighted by molar-refractivity contribution is 9.10. The van der Waals surface area contributed by atoms with Crippen molar-refractivity contribution in [2.45, 2.75) is 45.0 Å². The van der Waals surface area contributed by atoms with Crippen LogP contribution in [0.25, 0.3) is 0 Å². The van der Waals surface area contributed by atoms with Crippen LogP contribution in [-0.2, 0) is 11.4 Å². The van der Waals surface area contributed by atoms with Crippen molar-refractivity contribution >= 4 is 39.5 Å². The third-order valence-electron chi connectivity index (χ3n) is 5.51. The molecule has 0 radical (unpaired) electrons. The fourth-order valence-electron chi connectivity index (χ4n) is 3.93. The van der Waals surface area contributed by atoms with Crippen molar-refractivity contribution in [3.63, 3.8) is 0 Å². The number of allylic oxidation sites excluding steroid dienone is 1. The Hall–Kier alpha value is -3.05. The number of anilines is 1. The van der Waals surface area contributed by atoms with Crippen molar-refractivity contribution in [3.05, 3.63) is 69.1 Å². The lowest BCUT2D eigenvalue weighted by Gasteiger charge is -2.28. The number of aromatic nitrogens is 3. The summed E-state index contributed by atoms with van der Waals surface area (Å²) in [4.78, 5) is 17.1. The minimum Gasteiger partial charge on any atom is -0.490 e. The number of nitrogens with one attached hydrogen (secondary N) is 1. The number of nitrogens with two attached hydrogens (primary N) is 1. The number of fused-ring (bicyclic) bond motifs is 1. The first-order chi connectivity index (χ1) is 17.3. The fraction of sp³-hybridized carbons (Fsp3) is 0.320. The summed E-state index contributed by atoms with van der Waals surface area (Å²) < 4.78 is 28.3. The molecule has 11 heteroatoms. The van der Waals surface area contributed by atoms with E-state index in [-0.39, 0.29) is 12.4 Å². The zero-order chi connectivity index (χ0) is 25.8. The van der Waals surface area contributed by atoms with Crippen LogP contribution in [0.1, 0.15) is 44.4 Å². The highest BCUT2D eigenvalue weighted by atomic mass is 79.9. The van der Waals surface area contributed by atoms with Crippen molar-refractivity contribution < 1.29 is 18.7 Å². The van der Waals surface area contributed by atoms with E-state index in [0.717, 1.165) is 12.2 Å². The highest BCUT2D eigenvalue weighted by Crippen LogP contribution is 2.43. The molecule has 3 aromatic rings. The Kier molecular flexibility index (Phi) is 8.20. The maximum absolute atomic E-state index is 14.1. The molecule has 1 aliphatic rings. The van der Waals surface area contributed by atoms with Crippen LogP contribution in [0.4, 0.5) is 10.3 Å². The van der Waals surface area contributed by atoms with E-state index < -0.39 is 11.9 Å². The molecule has 0 saturated carbocycles. The number of nitrogens with zero attached hydrogens (tertiary/aromatic N) is 3. The molecular formula is C25H27BrFN5O3S. The zero-order valence-electron chi connectivity index (χ0n) is 20.2. The number of benzene rings is 2. The summed E-state index contributed by atoms with van der Waals surface area (Å²) in [7, 11) is 0. The van der Waals surface area contributed by atoms with Crippen molar-refractivity contribution in [1.82, 2.24) is 14.8 Å². The summed E-state index contributed by atoms with van der Waals surface area (Å²) in [6, 6.07) is 9.43. The molecular weight excluding hydrogens is 549 g/mol. The van der Waals surface area contributed by atoms with E-state index >= 15 is 0 Å². The van der Waals surface area contributed by atoms with Crippen LogP contribution in [0.2, 0.25) is 0 Å². The molecule has 1 atom stereocenters. The van der Waals surface area contributed by atoms with E-state index in [1.54, 1.807) is 47.6 Å². The van der Waals surface area contributed by atoms with Crippen LogP contribution < -0.4 is 20.5 Å². The standard InChI is InChI=1S/C25H27BrFN5O3S/c1-4-10-36-25-30-24-29-14(3)20(23(28)33)21(32(24)31-25)16-11-17(26)22(19(12-16)34-5-2)35-13-15-8-6-7-9-18(15)27/h6-9,11-12,21H,4-5,10,13H2,1-3H3,(H2,28,33)(H,29,30,31). The molecule has 0 fully saturated rings. The molecule has 2 heterocycles. The van der Waals surface area contributed by atoms with E-state index in [0.29, 0.717) is 56.1 Å². The molecule has 1 aliphatic heterocycles. The van der Waals surface area contributed by atoms with E-state index in [9.17, 15) is 9.18 Å². The van der Waals surface area contributed by atoms with Gasteiger partial charge in [-0.15, -0.1) is 5.10 Å². The fourth-order valence-corrected chi connectivity index (χ4v) is 5.19. The summed E-state index contributed by atoms with van der Waals surface area (Å²) in [5.41, 5.74) is 7.92. The van der Waals surface area contributed by atoms with Crippen molar-refractivity contribution in [3.8, 4) is 11.5 Å². The lowest BCUT2D eigenvalue weighted by Crippen LogP contribution is -2.32. The quantitative estimate of drug-likeness (QED) is 0.310. The molecule has 3 N–H and O–H groups in total. The van der Waals surface area contributed by atoms with E-state index in [1.165, 1.54) is 6.07 Å². The molecule has 1 aromatic heterocycles. The van der Waals surface area contributed by atoms with Gasteiger partial charge in [0.2, 0.25) is 17.0 Å². The normalized spacial score (nSPS) is 14.9. The highest BCUT2D eigenvalue weighted by Gasteiger charge is 2.34. The number of amides is 1. The van der Waals surface area contributed by atoms with E-state index in [1.807, 2.05) is 13.0 Å². The van der Waals surface area contributed by atoms with Crippen molar-refractivity contribution in [2.75, 3.05) is 17.7 Å². The molecule has 0 bridgehead atoms. The number of halogens is 2. The SMILES string of the molecule is CCCSc1nc2n(n1)C(c1cc(Br)c(OCc3ccccc3F)c(OCC)c1)C(C(N)=O)=C(C)N2. The van der Waals surface area contributed by atoms with Crippen molar-refractivity contribution in [2.24, 2.45) is 5.73 Å². The predicted molar refractivity (Wildman–Crippen MR) is 141 cm³/mol. The van der Waals surface area contributed by atoms with Gasteiger partial charge in [0, 0.05) is 17.0 Å². The largest absolute Gasteiger partial charge is 0.490 e. The predicted octanol–water partition coefficient (Wildman–Crippen LogP) is 5.43. The number of hydrogen-bond donors (Lipinski definition) is 2. The second-order valence-electron chi connectivity index (χ2n) is 8.08. The molecule has 0 spiro atoms. The number of ether oxygens (including phenoxy) is 2. The molecule has 0 saturated heterocycles. The van der Waals surface area contributed by atoms with Crippen molar-refractivity contribution in [1.29, 1.82) is 0 Å². The first-order valence-electron chi connectivity index (χ1n) is 11.5. The molecule has 2 aromatic carbocycles. The summed E-state index contributed by atoms with van der Waals surface area (Å²) >= 11 is 5.12. The van der Waals surface area contributed by atoms with Gasteiger partial charge < -0.3 is 20.5 Å². The zero-order valence-corrected chi connectivity index (χ0v) is 22.6. The molecule has 1 unspecified atom stereocenters. The van der Waals surface area contributed by atoms with Gasteiger partial charge in [-0.1, -0.05) is 36.9 Å². The first-order valence-corrected chi connectivity index (χ1v) is 13.3. The molecule has 1 amide bonds. The molecule has 4 rings (SSSR count). The number of thioether (sulfide) groups is 1. The van der Waals surface area contributed by atoms with Gasteiger partial charge in [-0.25, -0.2) is 9.07 Å². The average Bonchev–Trinajstić information content (AvgIpc) is 3.24. The topological polar surface area (TPSA) is 104 Å². The van der Waals surface area contributed by atoms with Crippen LogP contribution in [-0.4, -0.2) is 33.0 Å². The third-order valence-corrected chi connectivity index (χ3v) is 7.14. The van der Waals surface area contributed by atoms with Crippen LogP contribution in [0.5, 0.6) is 11.5 Å². The van der Waals surface area contributed by atoms with Crippen LogP contribution in [0.15, 0.2) is 57.3 Å². The van der Waals surface area contributed by atoms with E-state index in [2.05, 4.69) is 38.3 Å². The first kappa shape index (κ1) is 26.0. The number of carbonyl (C=O) groups is 1. The van der Waals surface area contributed by atoms with Gasteiger partial charge in [-0.05, 0) is 60.0 Å². The summed E-state index contributed by atoms with van der Waals surface area (Å²) in [6.07, 6.45) is 0.980. The second-order valence-corrected chi connectivity index (χ2v) is 10.0. The Labute approximate surface area is 221 Å². The van der Waals surface area contributed by atoms with Crippen LogP contribution >= 0.6 is 27.7 Å². The number of carbonyl (C=O) groups excluding carboxylic acids is 1. The lowest BCUT2D eigenvalue weighted by atomic mass is 9.95. The summed E-state index contributed by atoms with van der Waals surface area (Å²) in [5.74, 6) is 1.35. The Balaban J connectivity index is 1.76. The second kappa shape index (κ2) is 11.3. The smallest absolute Gasteiger partial charge is 0.248 e. The number of hydrogen-bond acceptors (Lipinski definition) is 7. The third kappa shape index (κ3) is 5.36. The van der Waals surface area contributed by atoms with Gasteiger partial charge in [-0.2, -0.15) is 4.98 Å². The van der Waals surface area contributed by atoms with Gasteiger partial charge in [0.1, 0.15) is 18.5 Å². The Bertz CT molecular complexity index is 1310. The summed E-state index contributed by atoms with van der Waals surface area (Å²) in [6.45, 7) is 6.13. The van der Waals surface area contributed by atoms with Gasteiger partial charge in [0.05, 0.1) is 16.7 Å². The van der Waals surface area contributed by atoms with Gasteiger partial charge in [0.15, 0.2) is 11.5 Å². The average molecular weight is 576 g/mol. The maximum Gasteiger partial charge on any atom is 0.248 e. The minimum absolute atomic E-state index is 0.0226. The monoisotopic (exact) mass is 575 g/mol. The van der Waals surface area contributed by atoms with Gasteiger partial charge >= 0.3 is 0 Å². The Morgan fingerprint density at radius 2 is 2.06 bits per heavy atom. The van der Waals surface area contributed by atoms with Crippen LogP contribution in [0.3, 0.4) is 0 Å². The summed E-state index contributed by atoms with van der Waals surface area (Å²) in [5, 5.41) is 8.42. The molecule has 36 heavy (non-hydrogen) atoms. The molecule has 190 valence electrons. The van der Waals surface area contributed by atoms with Gasteiger partial charge in [0.25, 0.3) is 0 Å². The number of primary amides is 1. The van der Waals surface area contributed by atoms with Gasteiger partial charge in [-0.3, -0.25) is 4.79 Å². The van der Waals surface area contributed by atoms with E-state index in [4.69, 9.17) is 15.2 Å². The molecule has 8 nitrogen and oxygen atoms in total. The molecule has 0 aliphatic carbocycles. The minimum atomic E-state index is -0.627. The van der Waals surface area contributed by atoms with Crippen LogP contribution in [0, 0.1) is 5.82 Å².